The summed E-state index contributed by atoms with van der Waals surface area (Å²) in [6.45, 7) is -0.326. The van der Waals surface area contributed by atoms with Gasteiger partial charge in [0.2, 0.25) is 0 Å². The Morgan fingerprint density at radius 1 is 1.26 bits per heavy atom. The second-order valence-corrected chi connectivity index (χ2v) is 3.71. The monoisotopic (exact) mass is 276 g/mol. The number of rotatable bonds is 3. The van der Waals surface area contributed by atoms with Crippen molar-refractivity contribution >= 4 is 11.8 Å². The van der Waals surface area contributed by atoms with E-state index in [2.05, 4.69) is 5.73 Å². The molecule has 0 aliphatic carbocycles. The summed E-state index contributed by atoms with van der Waals surface area (Å²) in [5.41, 5.74) is 4.01. The van der Waals surface area contributed by atoms with Crippen LogP contribution in [0, 0.1) is 0 Å². The average Bonchev–Trinajstić information content (AvgIpc) is 2.34. The minimum Gasteiger partial charge on any atom is -0.387 e. The third-order valence-electron chi connectivity index (χ3n) is 2.30. The lowest BCUT2D eigenvalue weighted by Crippen LogP contribution is -2.38. The van der Waals surface area contributed by atoms with Gasteiger partial charge in [-0.05, 0) is 17.7 Å². The summed E-state index contributed by atoms with van der Waals surface area (Å²) in [5.74, 6) is -2.29. The molecule has 0 heterocycles. The first-order valence-electron chi connectivity index (χ1n) is 5.14. The number of benzene rings is 1. The molecule has 5 nitrogen and oxygen atoms in total. The molecule has 0 bridgehead atoms. The Morgan fingerprint density at radius 2 is 1.79 bits per heavy atom. The summed E-state index contributed by atoms with van der Waals surface area (Å²) in [6, 6.07) is 3.80. The van der Waals surface area contributed by atoms with Crippen molar-refractivity contribution in [3.8, 4) is 0 Å². The molecule has 0 aliphatic heterocycles. The SMILES string of the molecule is NC(=O)C(=O)NCC(O)c1ccc(C(F)(F)F)cc1. The number of aliphatic hydroxyl groups excluding tert-OH is 1. The Hall–Kier alpha value is -2.09. The Labute approximate surface area is 106 Å². The lowest BCUT2D eigenvalue weighted by Gasteiger charge is -2.13. The third-order valence-corrected chi connectivity index (χ3v) is 2.30. The molecular weight excluding hydrogens is 265 g/mol. The summed E-state index contributed by atoms with van der Waals surface area (Å²) in [7, 11) is 0. The standard InChI is InChI=1S/C11H11F3N2O3/c12-11(13,14)7-3-1-6(2-4-7)8(17)5-16-10(19)9(15)18/h1-4,8,17H,5H2,(H2,15,18)(H,16,19). The van der Waals surface area contributed by atoms with E-state index in [0.717, 1.165) is 24.3 Å². The molecule has 0 spiro atoms. The van der Waals surface area contributed by atoms with Crippen LogP contribution in [0.1, 0.15) is 17.2 Å². The minimum atomic E-state index is -4.45. The average molecular weight is 276 g/mol. The molecule has 1 aromatic carbocycles. The molecule has 0 saturated carbocycles. The van der Waals surface area contributed by atoms with Gasteiger partial charge >= 0.3 is 18.0 Å². The maximum Gasteiger partial charge on any atom is 0.416 e. The molecule has 0 aromatic heterocycles. The smallest absolute Gasteiger partial charge is 0.387 e. The van der Waals surface area contributed by atoms with E-state index in [-0.39, 0.29) is 12.1 Å². The number of aliphatic hydroxyl groups is 1. The fraction of sp³-hybridized carbons (Fsp3) is 0.273. The van der Waals surface area contributed by atoms with E-state index < -0.39 is 29.7 Å². The number of primary amides is 1. The summed E-state index contributed by atoms with van der Waals surface area (Å²) >= 11 is 0. The van der Waals surface area contributed by atoms with Crippen LogP contribution in [0.5, 0.6) is 0 Å². The number of carbonyl (C=O) groups is 2. The minimum absolute atomic E-state index is 0.178. The van der Waals surface area contributed by atoms with Crippen molar-refractivity contribution in [3.63, 3.8) is 0 Å². The number of hydrogen-bond acceptors (Lipinski definition) is 3. The predicted octanol–water partition coefficient (Wildman–Crippen LogP) is 0.340. The van der Waals surface area contributed by atoms with E-state index in [1.165, 1.54) is 0 Å². The van der Waals surface area contributed by atoms with Gasteiger partial charge in [0.15, 0.2) is 0 Å². The van der Waals surface area contributed by atoms with Gasteiger partial charge in [-0.2, -0.15) is 13.2 Å². The van der Waals surface area contributed by atoms with E-state index in [4.69, 9.17) is 0 Å². The second-order valence-electron chi connectivity index (χ2n) is 3.71. The van der Waals surface area contributed by atoms with Crippen LogP contribution in [-0.2, 0) is 15.8 Å². The van der Waals surface area contributed by atoms with Crippen molar-refractivity contribution in [3.05, 3.63) is 35.4 Å². The van der Waals surface area contributed by atoms with Crippen LogP contribution in [0.2, 0.25) is 0 Å². The molecule has 1 aromatic rings. The van der Waals surface area contributed by atoms with Crippen LogP contribution < -0.4 is 11.1 Å². The normalized spacial score (nSPS) is 12.8. The Balaban J connectivity index is 2.66. The van der Waals surface area contributed by atoms with Crippen molar-refractivity contribution in [2.45, 2.75) is 12.3 Å². The molecule has 1 atom stereocenters. The molecular formula is C11H11F3N2O3. The second kappa shape index (κ2) is 5.70. The van der Waals surface area contributed by atoms with Crippen molar-refractivity contribution < 1.29 is 27.9 Å². The van der Waals surface area contributed by atoms with Gasteiger partial charge in [0, 0.05) is 6.54 Å². The molecule has 104 valence electrons. The fourth-order valence-corrected chi connectivity index (χ4v) is 1.29. The quantitative estimate of drug-likeness (QED) is 0.695. The first-order chi connectivity index (χ1) is 8.71. The molecule has 19 heavy (non-hydrogen) atoms. The van der Waals surface area contributed by atoms with E-state index in [0.29, 0.717) is 0 Å². The number of amides is 2. The predicted molar refractivity (Wildman–Crippen MR) is 58.6 cm³/mol. The van der Waals surface area contributed by atoms with E-state index >= 15 is 0 Å². The number of alkyl halides is 3. The topological polar surface area (TPSA) is 92.4 Å². The largest absolute Gasteiger partial charge is 0.416 e. The molecule has 1 rings (SSSR count). The van der Waals surface area contributed by atoms with Crippen molar-refractivity contribution in [2.75, 3.05) is 6.54 Å². The highest BCUT2D eigenvalue weighted by Crippen LogP contribution is 2.29. The lowest BCUT2D eigenvalue weighted by atomic mass is 10.1. The summed E-state index contributed by atoms with van der Waals surface area (Å²) < 4.78 is 36.9. The highest BCUT2D eigenvalue weighted by atomic mass is 19.4. The number of nitrogens with one attached hydrogen (secondary N) is 1. The zero-order chi connectivity index (χ0) is 14.6. The van der Waals surface area contributed by atoms with E-state index in [1.54, 1.807) is 0 Å². The van der Waals surface area contributed by atoms with Gasteiger partial charge in [-0.25, -0.2) is 0 Å². The fourth-order valence-electron chi connectivity index (χ4n) is 1.29. The first-order valence-corrected chi connectivity index (χ1v) is 5.14. The molecule has 4 N–H and O–H groups in total. The van der Waals surface area contributed by atoms with Crippen molar-refractivity contribution in [2.24, 2.45) is 5.73 Å². The van der Waals surface area contributed by atoms with E-state index in [9.17, 15) is 27.9 Å². The van der Waals surface area contributed by atoms with Crippen LogP contribution in [0.3, 0.4) is 0 Å². The first kappa shape index (κ1) is 15.0. The third kappa shape index (κ3) is 4.25. The molecule has 0 fully saturated rings. The highest BCUT2D eigenvalue weighted by molar-refractivity contribution is 6.34. The van der Waals surface area contributed by atoms with Crippen LogP contribution in [0.15, 0.2) is 24.3 Å². The van der Waals surface area contributed by atoms with Gasteiger partial charge in [-0.15, -0.1) is 0 Å². The molecule has 0 radical (unpaired) electrons. The van der Waals surface area contributed by atoms with Gasteiger partial charge in [0.25, 0.3) is 0 Å². The molecule has 0 aliphatic rings. The summed E-state index contributed by atoms with van der Waals surface area (Å²) in [6.07, 6.45) is -5.69. The Kier molecular flexibility index (Phi) is 4.49. The van der Waals surface area contributed by atoms with Gasteiger partial charge in [-0.3, -0.25) is 9.59 Å². The van der Waals surface area contributed by atoms with Crippen LogP contribution in [0.25, 0.3) is 0 Å². The van der Waals surface area contributed by atoms with Crippen LogP contribution in [0.4, 0.5) is 13.2 Å². The number of nitrogens with two attached hydrogens (primary N) is 1. The Bertz CT molecular complexity index is 471. The molecule has 8 heteroatoms. The van der Waals surface area contributed by atoms with Crippen molar-refractivity contribution in [1.82, 2.24) is 5.32 Å². The maximum atomic E-state index is 12.3. The summed E-state index contributed by atoms with van der Waals surface area (Å²) in [5, 5.41) is 11.6. The van der Waals surface area contributed by atoms with Gasteiger partial charge in [0.05, 0.1) is 11.7 Å². The van der Waals surface area contributed by atoms with Crippen LogP contribution in [-0.4, -0.2) is 23.5 Å². The molecule has 2 amide bonds. The zero-order valence-corrected chi connectivity index (χ0v) is 9.57. The maximum absolute atomic E-state index is 12.3. The molecule has 0 saturated heterocycles. The lowest BCUT2D eigenvalue weighted by molar-refractivity contribution is -0.137. The summed E-state index contributed by atoms with van der Waals surface area (Å²) in [4.78, 5) is 21.2. The van der Waals surface area contributed by atoms with Gasteiger partial charge < -0.3 is 16.2 Å². The number of hydrogen-bond donors (Lipinski definition) is 3. The van der Waals surface area contributed by atoms with Gasteiger partial charge in [-0.1, -0.05) is 12.1 Å². The van der Waals surface area contributed by atoms with Crippen LogP contribution >= 0.6 is 0 Å². The van der Waals surface area contributed by atoms with Gasteiger partial charge in [0.1, 0.15) is 0 Å². The Morgan fingerprint density at radius 3 is 2.21 bits per heavy atom. The number of halogens is 3. The van der Waals surface area contributed by atoms with Crippen molar-refractivity contribution in [1.29, 1.82) is 0 Å². The zero-order valence-electron chi connectivity index (χ0n) is 9.57. The van der Waals surface area contributed by atoms with E-state index in [1.807, 2.05) is 5.32 Å². The number of carbonyl (C=O) groups excluding carboxylic acids is 2. The highest BCUT2D eigenvalue weighted by Gasteiger charge is 2.30. The molecule has 1 unspecified atom stereocenters.